The van der Waals surface area contributed by atoms with E-state index in [1.807, 2.05) is 72.8 Å². The molecule has 12 rings (SSSR count). The van der Waals surface area contributed by atoms with E-state index in [0.29, 0.717) is 11.6 Å². The lowest BCUT2D eigenvalue weighted by Gasteiger charge is -2.33. The van der Waals surface area contributed by atoms with Crippen LogP contribution in [0, 0.1) is 0 Å². The number of rotatable bonds is 6. The average Bonchev–Trinajstić information content (AvgIpc) is 3.84. The summed E-state index contributed by atoms with van der Waals surface area (Å²) in [4.78, 5) is 10.8. The van der Waals surface area contributed by atoms with Crippen molar-refractivity contribution in [2.75, 3.05) is 0 Å². The molecule has 6 nitrogen and oxygen atoms in total. The molecular weight excluding hydrogens is 841 g/mol. The molecule has 0 atom stereocenters. The van der Waals surface area contributed by atoms with Gasteiger partial charge < -0.3 is 0 Å². The van der Waals surface area contributed by atoms with E-state index in [1.54, 1.807) is 0 Å². The van der Waals surface area contributed by atoms with Gasteiger partial charge >= 0.3 is 0 Å². The van der Waals surface area contributed by atoms with Gasteiger partial charge in [0.2, 0.25) is 0 Å². The molecule has 2 aliphatic carbocycles. The molecule has 0 bridgehead atoms. The number of hydrogen-bond donors (Lipinski definition) is 0. The molecule has 2 aliphatic rings. The van der Waals surface area contributed by atoms with E-state index in [4.69, 9.17) is 30.4 Å². The normalized spacial score (nSPS) is 13.2. The third-order valence-electron chi connectivity index (χ3n) is 14.1. The largest absolute Gasteiger partial charge is 0.224 e. The first-order valence-electron chi connectivity index (χ1n) is 23.8. The van der Waals surface area contributed by atoms with Crippen molar-refractivity contribution in [2.45, 2.75) is 57.8 Å². The summed E-state index contributed by atoms with van der Waals surface area (Å²) in [5.41, 5.74) is 20.1. The predicted molar refractivity (Wildman–Crippen MR) is 280 cm³/mol. The Balaban J connectivity index is 1.13. The van der Waals surface area contributed by atoms with Gasteiger partial charge in [0.05, 0.1) is 5.41 Å². The summed E-state index contributed by atoms with van der Waals surface area (Å²) in [7, 11) is 0. The van der Waals surface area contributed by atoms with Gasteiger partial charge in [0.15, 0.2) is 11.6 Å². The van der Waals surface area contributed by atoms with Crippen LogP contribution in [0.25, 0.3) is 90.1 Å². The average molecular weight is 891 g/mol. The first kappa shape index (κ1) is 42.2. The van der Waals surface area contributed by atoms with E-state index < -0.39 is 5.41 Å². The maximum Gasteiger partial charge on any atom is 0.182 e. The Hall–Kier alpha value is -8.22. The molecule has 8 aromatic carbocycles. The van der Waals surface area contributed by atoms with Gasteiger partial charge in [0.25, 0.3) is 0 Å². The van der Waals surface area contributed by atoms with Crippen LogP contribution in [-0.2, 0) is 16.2 Å². The molecule has 1 spiro atoms. The van der Waals surface area contributed by atoms with Gasteiger partial charge in [-0.25, -0.2) is 9.97 Å². The van der Waals surface area contributed by atoms with E-state index in [1.165, 1.54) is 55.6 Å². The van der Waals surface area contributed by atoms with Gasteiger partial charge in [-0.05, 0) is 78.6 Å². The summed E-state index contributed by atoms with van der Waals surface area (Å²) < 4.78 is 0. The van der Waals surface area contributed by atoms with Gasteiger partial charge in [0.1, 0.15) is 22.8 Å². The molecule has 6 heteroatoms. The van der Waals surface area contributed by atoms with Gasteiger partial charge in [-0.3, -0.25) is 0 Å². The SMILES string of the molecule is CC(C)(C)c1ccc2c(c1)C1(c3cc(-c4nnc(-c5ccccc5)c(-c5ccccc5)n4)ccc3-c3ccc(-c4nnc(-c5ccccc5)c(-c5ccccc5)n4)cc31)c1cc(C(C)(C)C)ccc1-2. The molecule has 10 aromatic rings. The number of benzene rings is 8. The van der Waals surface area contributed by atoms with Crippen LogP contribution in [0.2, 0.25) is 0 Å². The molecule has 0 saturated heterocycles. The molecule has 0 saturated carbocycles. The molecule has 0 N–H and O–H groups in total. The van der Waals surface area contributed by atoms with Crippen LogP contribution in [0.3, 0.4) is 0 Å². The minimum Gasteiger partial charge on any atom is -0.224 e. The molecule has 0 fully saturated rings. The Labute approximate surface area is 403 Å². The van der Waals surface area contributed by atoms with Crippen molar-refractivity contribution in [3.05, 3.63) is 228 Å². The summed E-state index contributed by atoms with van der Waals surface area (Å²) in [6.45, 7) is 13.8. The second-order valence-electron chi connectivity index (χ2n) is 20.4. The lowest BCUT2D eigenvalue weighted by atomic mass is 9.68. The first-order valence-corrected chi connectivity index (χ1v) is 23.8. The highest BCUT2D eigenvalue weighted by Crippen LogP contribution is 2.64. The molecule has 0 radical (unpaired) electrons. The molecule has 332 valence electrons. The summed E-state index contributed by atoms with van der Waals surface area (Å²) in [6, 6.07) is 68.9. The Morgan fingerprint density at radius 2 is 0.594 bits per heavy atom. The summed E-state index contributed by atoms with van der Waals surface area (Å²) in [5.74, 6) is 1.14. The third kappa shape index (κ3) is 6.92. The topological polar surface area (TPSA) is 77.3 Å². The number of hydrogen-bond acceptors (Lipinski definition) is 6. The second kappa shape index (κ2) is 16.0. The highest BCUT2D eigenvalue weighted by Gasteiger charge is 2.53. The maximum atomic E-state index is 5.38. The van der Waals surface area contributed by atoms with E-state index >= 15 is 0 Å². The molecule has 0 amide bonds. The Morgan fingerprint density at radius 3 is 0.928 bits per heavy atom. The third-order valence-corrected chi connectivity index (χ3v) is 14.1. The lowest BCUT2D eigenvalue weighted by Crippen LogP contribution is -2.27. The number of aromatic nitrogens is 6. The van der Waals surface area contributed by atoms with Crippen LogP contribution in [0.1, 0.15) is 74.9 Å². The Kier molecular flexibility index (Phi) is 9.75. The fourth-order valence-electron chi connectivity index (χ4n) is 10.5. The number of fused-ring (bicyclic) bond motifs is 10. The van der Waals surface area contributed by atoms with E-state index in [0.717, 1.165) is 56.2 Å². The van der Waals surface area contributed by atoms with Crippen molar-refractivity contribution in [2.24, 2.45) is 0 Å². The fourth-order valence-corrected chi connectivity index (χ4v) is 10.5. The molecule has 2 heterocycles. The molecule has 0 aliphatic heterocycles. The minimum absolute atomic E-state index is 0.1000. The zero-order valence-electron chi connectivity index (χ0n) is 39.7. The first-order chi connectivity index (χ1) is 33.5. The fraction of sp³-hybridized carbons (Fsp3) is 0.143. The molecule has 2 aromatic heterocycles. The van der Waals surface area contributed by atoms with Crippen molar-refractivity contribution in [3.63, 3.8) is 0 Å². The van der Waals surface area contributed by atoms with E-state index in [2.05, 4.69) is 163 Å². The van der Waals surface area contributed by atoms with Crippen LogP contribution >= 0.6 is 0 Å². The van der Waals surface area contributed by atoms with Gasteiger partial charge in [0, 0.05) is 33.4 Å². The second-order valence-corrected chi connectivity index (χ2v) is 20.4. The Bertz CT molecular complexity index is 3370. The van der Waals surface area contributed by atoms with Crippen molar-refractivity contribution < 1.29 is 0 Å². The van der Waals surface area contributed by atoms with Gasteiger partial charge in [-0.15, -0.1) is 20.4 Å². The van der Waals surface area contributed by atoms with Crippen LogP contribution < -0.4 is 0 Å². The summed E-state index contributed by atoms with van der Waals surface area (Å²) in [5, 5.41) is 19.7. The van der Waals surface area contributed by atoms with Crippen molar-refractivity contribution in [1.82, 2.24) is 30.4 Å². The molecule has 0 unspecified atom stereocenters. The lowest BCUT2D eigenvalue weighted by molar-refractivity contribution is 0.586. The minimum atomic E-state index is -0.719. The monoisotopic (exact) mass is 890 g/mol. The van der Waals surface area contributed by atoms with Gasteiger partial charge in [-0.2, -0.15) is 0 Å². The highest BCUT2D eigenvalue weighted by atomic mass is 15.2. The van der Waals surface area contributed by atoms with Crippen molar-refractivity contribution >= 4 is 0 Å². The smallest absolute Gasteiger partial charge is 0.182 e. The zero-order chi connectivity index (χ0) is 47.1. The van der Waals surface area contributed by atoms with E-state index in [9.17, 15) is 0 Å². The number of nitrogens with zero attached hydrogens (tertiary/aromatic N) is 6. The summed E-state index contributed by atoms with van der Waals surface area (Å²) in [6.07, 6.45) is 0. The molecule has 69 heavy (non-hydrogen) atoms. The van der Waals surface area contributed by atoms with Crippen LogP contribution in [0.5, 0.6) is 0 Å². The standard InChI is InChI=1S/C63H50N6/c1-61(2,3)45-29-33-49-50-34-30-46(62(4,5)6)38-54(50)63(53(49)37-45)51-35-43(59-64-55(39-19-11-7-12-20-39)57(66-68-59)41-23-15-9-16-24-41)27-31-47(51)48-32-28-44(36-52(48)63)60-65-56(40-21-13-8-14-22-40)58(67-69-60)42-25-17-10-18-26-42/h7-38H,1-6H3. The van der Waals surface area contributed by atoms with Crippen LogP contribution in [-0.4, -0.2) is 30.4 Å². The van der Waals surface area contributed by atoms with E-state index in [-0.39, 0.29) is 10.8 Å². The zero-order valence-corrected chi connectivity index (χ0v) is 39.7. The van der Waals surface area contributed by atoms with Crippen LogP contribution in [0.15, 0.2) is 194 Å². The Morgan fingerprint density at radius 1 is 0.290 bits per heavy atom. The highest BCUT2D eigenvalue weighted by molar-refractivity contribution is 5.97. The maximum absolute atomic E-state index is 5.38. The van der Waals surface area contributed by atoms with Crippen LogP contribution in [0.4, 0.5) is 0 Å². The van der Waals surface area contributed by atoms with Gasteiger partial charge in [-0.1, -0.05) is 224 Å². The van der Waals surface area contributed by atoms with Crippen molar-refractivity contribution in [1.29, 1.82) is 0 Å². The quantitative estimate of drug-likeness (QED) is 0.165. The molecular formula is C63H50N6. The predicted octanol–water partition coefficient (Wildman–Crippen LogP) is 15.0. The van der Waals surface area contributed by atoms with Crippen molar-refractivity contribution in [3.8, 4) is 90.1 Å². The summed E-state index contributed by atoms with van der Waals surface area (Å²) >= 11 is 0.